The van der Waals surface area contributed by atoms with E-state index in [1.807, 2.05) is 6.07 Å². The molecule has 0 unspecified atom stereocenters. The highest BCUT2D eigenvalue weighted by molar-refractivity contribution is 5.54. The standard InChI is InChI=1S/C17H28FN3/c1-4-8-19-13-15-16(18)6-5-7-17(15)21-11-9-20(10-12-21)14(2)3/h5-7,14,19H,4,8-13H2,1-3H3. The maximum Gasteiger partial charge on any atom is 0.129 e. The van der Waals surface area contributed by atoms with Crippen LogP contribution in [-0.2, 0) is 6.54 Å². The highest BCUT2D eigenvalue weighted by Crippen LogP contribution is 2.24. The van der Waals surface area contributed by atoms with Gasteiger partial charge in [-0.25, -0.2) is 4.39 Å². The van der Waals surface area contributed by atoms with Crippen molar-refractivity contribution in [1.29, 1.82) is 0 Å². The van der Waals surface area contributed by atoms with Crippen molar-refractivity contribution in [3.63, 3.8) is 0 Å². The molecular formula is C17H28FN3. The van der Waals surface area contributed by atoms with Crippen LogP contribution in [0.2, 0.25) is 0 Å². The summed E-state index contributed by atoms with van der Waals surface area (Å²) in [6, 6.07) is 6.03. The lowest BCUT2D eigenvalue weighted by Crippen LogP contribution is -2.49. The lowest BCUT2D eigenvalue weighted by Gasteiger charge is -2.39. The van der Waals surface area contributed by atoms with Crippen LogP contribution in [-0.4, -0.2) is 43.7 Å². The average Bonchev–Trinajstić information content (AvgIpc) is 2.49. The maximum atomic E-state index is 14.2. The third-order valence-electron chi connectivity index (χ3n) is 4.21. The van der Waals surface area contributed by atoms with Crippen LogP contribution >= 0.6 is 0 Å². The lowest BCUT2D eigenvalue weighted by molar-refractivity contribution is 0.209. The largest absolute Gasteiger partial charge is 0.369 e. The molecule has 4 heteroatoms. The number of halogens is 1. The molecule has 0 atom stereocenters. The van der Waals surface area contributed by atoms with Crippen LogP contribution in [0.4, 0.5) is 10.1 Å². The molecule has 0 saturated carbocycles. The van der Waals surface area contributed by atoms with Gasteiger partial charge in [0.25, 0.3) is 0 Å². The van der Waals surface area contributed by atoms with Gasteiger partial charge in [0.15, 0.2) is 0 Å². The Morgan fingerprint density at radius 3 is 2.52 bits per heavy atom. The first kappa shape index (κ1) is 16.2. The van der Waals surface area contributed by atoms with Crippen LogP contribution in [0.1, 0.15) is 32.8 Å². The smallest absolute Gasteiger partial charge is 0.129 e. The summed E-state index contributed by atoms with van der Waals surface area (Å²) in [5.41, 5.74) is 1.87. The van der Waals surface area contributed by atoms with Crippen molar-refractivity contribution in [2.45, 2.75) is 39.8 Å². The molecular weight excluding hydrogens is 265 g/mol. The van der Waals surface area contributed by atoms with Crippen molar-refractivity contribution in [3.05, 3.63) is 29.6 Å². The van der Waals surface area contributed by atoms with Crippen molar-refractivity contribution in [1.82, 2.24) is 10.2 Å². The molecule has 0 amide bonds. The summed E-state index contributed by atoms with van der Waals surface area (Å²) >= 11 is 0. The molecule has 1 heterocycles. The molecule has 2 rings (SSSR count). The molecule has 1 aliphatic rings. The van der Waals surface area contributed by atoms with Gasteiger partial charge in [0.1, 0.15) is 5.82 Å². The summed E-state index contributed by atoms with van der Waals surface area (Å²) in [7, 11) is 0. The Morgan fingerprint density at radius 2 is 1.90 bits per heavy atom. The topological polar surface area (TPSA) is 18.5 Å². The minimum atomic E-state index is -0.0950. The molecule has 1 aromatic rings. The van der Waals surface area contributed by atoms with Crippen LogP contribution in [0.3, 0.4) is 0 Å². The SMILES string of the molecule is CCCNCc1c(F)cccc1N1CCN(C(C)C)CC1. The molecule has 1 saturated heterocycles. The van der Waals surface area contributed by atoms with Gasteiger partial charge in [-0.05, 0) is 38.9 Å². The monoisotopic (exact) mass is 293 g/mol. The highest BCUT2D eigenvalue weighted by atomic mass is 19.1. The number of benzene rings is 1. The first-order chi connectivity index (χ1) is 10.1. The minimum Gasteiger partial charge on any atom is -0.369 e. The molecule has 1 aliphatic heterocycles. The zero-order valence-electron chi connectivity index (χ0n) is 13.5. The molecule has 3 nitrogen and oxygen atoms in total. The Labute approximate surface area is 128 Å². The zero-order chi connectivity index (χ0) is 15.2. The molecule has 1 aromatic carbocycles. The summed E-state index contributed by atoms with van der Waals surface area (Å²) in [5.74, 6) is -0.0950. The van der Waals surface area contributed by atoms with Gasteiger partial charge < -0.3 is 10.2 Å². The molecule has 0 bridgehead atoms. The molecule has 0 radical (unpaired) electrons. The van der Waals surface area contributed by atoms with Crippen molar-refractivity contribution in [2.24, 2.45) is 0 Å². The number of nitrogens with one attached hydrogen (secondary N) is 1. The number of anilines is 1. The second-order valence-electron chi connectivity index (χ2n) is 6.03. The number of nitrogens with zero attached hydrogens (tertiary/aromatic N) is 2. The van der Waals surface area contributed by atoms with Gasteiger partial charge in [0.2, 0.25) is 0 Å². The lowest BCUT2D eigenvalue weighted by atomic mass is 10.1. The fourth-order valence-corrected chi connectivity index (χ4v) is 2.89. The highest BCUT2D eigenvalue weighted by Gasteiger charge is 2.21. The van der Waals surface area contributed by atoms with E-state index >= 15 is 0 Å². The van der Waals surface area contributed by atoms with Crippen molar-refractivity contribution >= 4 is 5.69 Å². The molecule has 1 fully saturated rings. The second-order valence-corrected chi connectivity index (χ2v) is 6.03. The normalized spacial score (nSPS) is 16.7. The fraction of sp³-hybridized carbons (Fsp3) is 0.647. The first-order valence-corrected chi connectivity index (χ1v) is 8.10. The number of rotatable bonds is 6. The van der Waals surface area contributed by atoms with Gasteiger partial charge >= 0.3 is 0 Å². The third-order valence-corrected chi connectivity index (χ3v) is 4.21. The predicted octanol–water partition coefficient (Wildman–Crippen LogP) is 2.86. The van der Waals surface area contributed by atoms with Crippen LogP contribution in [0.15, 0.2) is 18.2 Å². The minimum absolute atomic E-state index is 0.0950. The molecule has 1 N–H and O–H groups in total. The van der Waals surface area contributed by atoms with Gasteiger partial charge in [-0.3, -0.25) is 4.90 Å². The van der Waals surface area contributed by atoms with Gasteiger partial charge in [-0.15, -0.1) is 0 Å². The van der Waals surface area contributed by atoms with Crippen molar-refractivity contribution in [3.8, 4) is 0 Å². The van der Waals surface area contributed by atoms with Gasteiger partial charge in [0, 0.05) is 50.0 Å². The van der Waals surface area contributed by atoms with Crippen molar-refractivity contribution in [2.75, 3.05) is 37.6 Å². The van der Waals surface area contributed by atoms with Crippen molar-refractivity contribution < 1.29 is 4.39 Å². The van der Waals surface area contributed by atoms with Gasteiger partial charge in [-0.1, -0.05) is 13.0 Å². The number of hydrogen-bond acceptors (Lipinski definition) is 3. The Hall–Kier alpha value is -1.13. The zero-order valence-corrected chi connectivity index (χ0v) is 13.5. The van der Waals surface area contributed by atoms with Crippen LogP contribution < -0.4 is 10.2 Å². The molecule has 0 spiro atoms. The van der Waals surface area contributed by atoms with E-state index in [-0.39, 0.29) is 5.82 Å². The van der Waals surface area contributed by atoms with E-state index in [4.69, 9.17) is 0 Å². The summed E-state index contributed by atoms with van der Waals surface area (Å²) in [4.78, 5) is 4.80. The van der Waals surface area contributed by atoms with E-state index < -0.39 is 0 Å². The molecule has 118 valence electrons. The quantitative estimate of drug-likeness (QED) is 0.814. The van der Waals surface area contributed by atoms with Crippen LogP contribution in [0.25, 0.3) is 0 Å². The molecule has 0 aromatic heterocycles. The van der Waals surface area contributed by atoms with Crippen LogP contribution in [0.5, 0.6) is 0 Å². The van der Waals surface area contributed by atoms with Crippen LogP contribution in [0, 0.1) is 5.82 Å². The number of piperazine rings is 1. The fourth-order valence-electron chi connectivity index (χ4n) is 2.89. The average molecular weight is 293 g/mol. The van der Waals surface area contributed by atoms with E-state index in [1.54, 1.807) is 6.07 Å². The van der Waals surface area contributed by atoms with E-state index in [2.05, 4.69) is 42.0 Å². The van der Waals surface area contributed by atoms with E-state index in [9.17, 15) is 4.39 Å². The Balaban J connectivity index is 2.07. The molecule has 0 aliphatic carbocycles. The summed E-state index contributed by atoms with van der Waals surface area (Å²) in [6.45, 7) is 12.2. The Morgan fingerprint density at radius 1 is 1.19 bits per heavy atom. The van der Waals surface area contributed by atoms with E-state index in [0.29, 0.717) is 12.6 Å². The predicted molar refractivity (Wildman–Crippen MR) is 87.3 cm³/mol. The summed E-state index contributed by atoms with van der Waals surface area (Å²) < 4.78 is 14.2. The maximum absolute atomic E-state index is 14.2. The summed E-state index contributed by atoms with van der Waals surface area (Å²) in [6.07, 6.45) is 1.07. The van der Waals surface area contributed by atoms with Gasteiger partial charge in [0.05, 0.1) is 0 Å². The second kappa shape index (κ2) is 7.76. The van der Waals surface area contributed by atoms with Gasteiger partial charge in [-0.2, -0.15) is 0 Å². The van der Waals surface area contributed by atoms with E-state index in [0.717, 1.165) is 50.4 Å². The Kier molecular flexibility index (Phi) is 6.00. The first-order valence-electron chi connectivity index (χ1n) is 8.10. The van der Waals surface area contributed by atoms with E-state index in [1.165, 1.54) is 0 Å². The third kappa shape index (κ3) is 4.17. The Bertz CT molecular complexity index is 440. The summed E-state index contributed by atoms with van der Waals surface area (Å²) in [5, 5.41) is 3.32. The number of hydrogen-bond donors (Lipinski definition) is 1. The molecule has 21 heavy (non-hydrogen) atoms.